The Bertz CT molecular complexity index is 1120. The van der Waals surface area contributed by atoms with E-state index in [9.17, 15) is 18.0 Å². The highest BCUT2D eigenvalue weighted by molar-refractivity contribution is 7.98. The Morgan fingerprint density at radius 2 is 1.91 bits per heavy atom. The lowest BCUT2D eigenvalue weighted by Crippen LogP contribution is -2.27. The lowest BCUT2D eigenvalue weighted by Gasteiger charge is -2.20. The first kappa shape index (κ1) is 24.2. The first-order valence-electron chi connectivity index (χ1n) is 9.36. The highest BCUT2D eigenvalue weighted by Gasteiger charge is 2.32. The number of alkyl halides is 3. The van der Waals surface area contributed by atoms with Gasteiger partial charge in [-0.25, -0.2) is 0 Å². The van der Waals surface area contributed by atoms with E-state index in [1.54, 1.807) is 13.0 Å². The molecule has 3 aromatic rings. The van der Waals surface area contributed by atoms with Crippen molar-refractivity contribution in [2.45, 2.75) is 36.5 Å². The molecular formula is C20H18Cl2F3N5OS. The highest BCUT2D eigenvalue weighted by atomic mass is 35.5. The molecule has 1 atom stereocenters. The predicted octanol–water partition coefficient (Wildman–Crippen LogP) is 6.07. The van der Waals surface area contributed by atoms with E-state index >= 15 is 0 Å². The van der Waals surface area contributed by atoms with Crippen LogP contribution in [0.25, 0.3) is 0 Å². The van der Waals surface area contributed by atoms with E-state index in [4.69, 9.17) is 28.9 Å². The van der Waals surface area contributed by atoms with Crippen LogP contribution in [0.2, 0.25) is 10.0 Å². The Balaban J connectivity index is 1.84. The Morgan fingerprint density at radius 1 is 1.19 bits per heavy atom. The Kier molecular flexibility index (Phi) is 7.58. The van der Waals surface area contributed by atoms with Gasteiger partial charge in [-0.15, -0.1) is 10.2 Å². The van der Waals surface area contributed by atoms with Gasteiger partial charge in [-0.2, -0.15) is 13.2 Å². The number of nitrogens with two attached hydrogens (primary N) is 1. The van der Waals surface area contributed by atoms with Crippen molar-refractivity contribution in [2.24, 2.45) is 0 Å². The minimum Gasteiger partial charge on any atom is -0.368 e. The number of nitrogen functional groups attached to an aromatic ring is 1. The van der Waals surface area contributed by atoms with E-state index in [2.05, 4.69) is 15.5 Å². The summed E-state index contributed by atoms with van der Waals surface area (Å²) >= 11 is 13.5. The summed E-state index contributed by atoms with van der Waals surface area (Å²) in [6, 6.07) is 9.13. The molecule has 1 amide bonds. The summed E-state index contributed by atoms with van der Waals surface area (Å²) in [6.07, 6.45) is -4.29. The number of carbonyl (C=O) groups is 1. The maximum Gasteiger partial charge on any atom is 0.416 e. The fourth-order valence-electron chi connectivity index (χ4n) is 2.94. The van der Waals surface area contributed by atoms with Gasteiger partial charge in [0.15, 0.2) is 5.16 Å². The molecule has 6 nitrogen and oxygen atoms in total. The smallest absolute Gasteiger partial charge is 0.368 e. The molecule has 1 aromatic heterocycles. The molecule has 1 heterocycles. The van der Waals surface area contributed by atoms with Crippen molar-refractivity contribution in [1.29, 1.82) is 0 Å². The Morgan fingerprint density at radius 3 is 2.56 bits per heavy atom. The SMILES string of the molecule is CCC(C(=O)Nc1cc(C(F)(F)F)ccc1Cl)n1c(N)nnc1SCc1ccccc1Cl. The molecular weight excluding hydrogens is 486 g/mol. The lowest BCUT2D eigenvalue weighted by molar-refractivity contribution is -0.137. The van der Waals surface area contributed by atoms with Crippen LogP contribution in [0.1, 0.15) is 30.5 Å². The van der Waals surface area contributed by atoms with Gasteiger partial charge >= 0.3 is 6.18 Å². The molecule has 0 saturated carbocycles. The van der Waals surface area contributed by atoms with E-state index in [-0.39, 0.29) is 23.1 Å². The fourth-order valence-corrected chi connectivity index (χ4v) is 4.38. The number of carbonyl (C=O) groups excluding carboxylic acids is 1. The van der Waals surface area contributed by atoms with Crippen LogP contribution in [0.4, 0.5) is 24.8 Å². The van der Waals surface area contributed by atoms with Gasteiger partial charge < -0.3 is 11.1 Å². The number of aromatic nitrogens is 3. The molecule has 0 aliphatic carbocycles. The zero-order valence-corrected chi connectivity index (χ0v) is 19.0. The monoisotopic (exact) mass is 503 g/mol. The molecule has 0 radical (unpaired) electrons. The van der Waals surface area contributed by atoms with Gasteiger partial charge in [-0.05, 0) is 36.2 Å². The normalized spacial score (nSPS) is 12.6. The molecule has 3 rings (SSSR count). The largest absolute Gasteiger partial charge is 0.416 e. The van der Waals surface area contributed by atoms with Crippen LogP contribution < -0.4 is 11.1 Å². The maximum absolute atomic E-state index is 13.0. The van der Waals surface area contributed by atoms with Crippen LogP contribution >= 0.6 is 35.0 Å². The molecule has 12 heteroatoms. The predicted molar refractivity (Wildman–Crippen MR) is 120 cm³/mol. The fraction of sp³-hybridized carbons (Fsp3) is 0.250. The average Bonchev–Trinajstić information content (AvgIpc) is 3.09. The zero-order chi connectivity index (χ0) is 23.5. The molecule has 3 N–H and O–H groups in total. The Labute approximate surface area is 196 Å². The van der Waals surface area contributed by atoms with E-state index in [0.29, 0.717) is 15.9 Å². The zero-order valence-electron chi connectivity index (χ0n) is 16.7. The minimum absolute atomic E-state index is 0.00352. The molecule has 1 unspecified atom stereocenters. The summed E-state index contributed by atoms with van der Waals surface area (Å²) in [5.41, 5.74) is 5.74. The van der Waals surface area contributed by atoms with Gasteiger partial charge in [-0.3, -0.25) is 9.36 Å². The number of amides is 1. The van der Waals surface area contributed by atoms with Gasteiger partial charge in [0.1, 0.15) is 6.04 Å². The number of hydrogen-bond donors (Lipinski definition) is 2. The quantitative estimate of drug-likeness (QED) is 0.382. The second-order valence-electron chi connectivity index (χ2n) is 6.70. The maximum atomic E-state index is 13.0. The number of nitrogens with one attached hydrogen (secondary N) is 1. The van der Waals surface area contributed by atoms with Crippen molar-refractivity contribution < 1.29 is 18.0 Å². The standard InChI is InChI=1S/C20H18Cl2F3N5OS/c1-2-16(17(31)27-15-9-12(20(23,24)25)7-8-14(15)22)30-18(26)28-29-19(30)32-10-11-5-3-4-6-13(11)21/h3-9,16H,2,10H2,1H3,(H2,26,28)(H,27,31). The molecule has 0 saturated heterocycles. The van der Waals surface area contributed by atoms with Gasteiger partial charge in [0.2, 0.25) is 11.9 Å². The van der Waals surface area contributed by atoms with Crippen molar-refractivity contribution in [3.8, 4) is 0 Å². The molecule has 0 aliphatic rings. The third kappa shape index (κ3) is 5.48. The number of rotatable bonds is 7. The molecule has 2 aromatic carbocycles. The number of thioether (sulfide) groups is 1. The van der Waals surface area contributed by atoms with Crippen LogP contribution in [0, 0.1) is 0 Å². The highest BCUT2D eigenvalue weighted by Crippen LogP contribution is 2.35. The molecule has 170 valence electrons. The first-order chi connectivity index (χ1) is 15.1. The summed E-state index contributed by atoms with van der Waals surface area (Å²) in [5.74, 6) is -0.140. The lowest BCUT2D eigenvalue weighted by atomic mass is 10.1. The topological polar surface area (TPSA) is 85.8 Å². The van der Waals surface area contributed by atoms with Crippen molar-refractivity contribution in [2.75, 3.05) is 11.1 Å². The van der Waals surface area contributed by atoms with Crippen molar-refractivity contribution in [3.05, 3.63) is 63.6 Å². The van der Waals surface area contributed by atoms with Crippen molar-refractivity contribution >= 4 is 52.5 Å². The third-order valence-corrected chi connectivity index (χ3v) is 6.25. The van der Waals surface area contributed by atoms with Crippen LogP contribution in [-0.2, 0) is 16.7 Å². The van der Waals surface area contributed by atoms with Gasteiger partial charge in [0.25, 0.3) is 0 Å². The summed E-state index contributed by atoms with van der Waals surface area (Å²) in [6.45, 7) is 1.74. The first-order valence-corrected chi connectivity index (χ1v) is 11.1. The number of nitrogens with zero attached hydrogens (tertiary/aromatic N) is 3. The third-order valence-electron chi connectivity index (χ3n) is 4.56. The minimum atomic E-state index is -4.57. The molecule has 0 aliphatic heterocycles. The molecule has 0 bridgehead atoms. The van der Waals surface area contributed by atoms with Crippen LogP contribution in [0.5, 0.6) is 0 Å². The number of anilines is 2. The second kappa shape index (κ2) is 10.0. The van der Waals surface area contributed by atoms with E-state index < -0.39 is 23.7 Å². The van der Waals surface area contributed by atoms with E-state index in [1.807, 2.05) is 18.2 Å². The summed E-state index contributed by atoms with van der Waals surface area (Å²) < 4.78 is 40.6. The molecule has 0 spiro atoms. The average molecular weight is 504 g/mol. The van der Waals surface area contributed by atoms with Crippen molar-refractivity contribution in [3.63, 3.8) is 0 Å². The summed E-state index contributed by atoms with van der Waals surface area (Å²) in [4.78, 5) is 13.0. The van der Waals surface area contributed by atoms with Crippen molar-refractivity contribution in [1.82, 2.24) is 14.8 Å². The molecule has 32 heavy (non-hydrogen) atoms. The second-order valence-corrected chi connectivity index (χ2v) is 8.45. The van der Waals surface area contributed by atoms with Gasteiger partial charge in [-0.1, -0.05) is 60.1 Å². The van der Waals surface area contributed by atoms with Crippen LogP contribution in [0.3, 0.4) is 0 Å². The van der Waals surface area contributed by atoms with E-state index in [1.165, 1.54) is 16.3 Å². The van der Waals surface area contributed by atoms with E-state index in [0.717, 1.165) is 23.8 Å². The Hall–Kier alpha value is -2.43. The van der Waals surface area contributed by atoms with Gasteiger partial charge in [0, 0.05) is 10.8 Å². The van der Waals surface area contributed by atoms with Crippen LogP contribution in [0.15, 0.2) is 47.6 Å². The summed E-state index contributed by atoms with van der Waals surface area (Å²) in [7, 11) is 0. The molecule has 0 fully saturated rings. The number of halogens is 5. The number of benzene rings is 2. The number of hydrogen-bond acceptors (Lipinski definition) is 5. The van der Waals surface area contributed by atoms with Crippen LogP contribution in [-0.4, -0.2) is 20.7 Å². The summed E-state index contributed by atoms with van der Waals surface area (Å²) in [5, 5.41) is 11.3. The van der Waals surface area contributed by atoms with Gasteiger partial charge in [0.05, 0.1) is 16.3 Å².